The van der Waals surface area contributed by atoms with Gasteiger partial charge in [-0.15, -0.1) is 0 Å². The number of ether oxygens (including phenoxy) is 2. The molecule has 17 heavy (non-hydrogen) atoms. The Morgan fingerprint density at radius 2 is 1.94 bits per heavy atom. The van der Waals surface area contributed by atoms with E-state index in [1.807, 2.05) is 13.8 Å². The molecule has 0 bridgehead atoms. The molecule has 2 N–H and O–H groups in total. The van der Waals surface area contributed by atoms with Gasteiger partial charge in [0.2, 0.25) is 0 Å². The average molecular weight is 239 g/mol. The third-order valence-corrected chi connectivity index (χ3v) is 3.13. The fraction of sp³-hybridized carbons (Fsp3) is 0.538. The molecular formula is C13H18FNO2. The number of nitrogens with two attached hydrogens (primary N) is 1. The van der Waals surface area contributed by atoms with E-state index in [2.05, 4.69) is 0 Å². The molecule has 1 aliphatic rings. The van der Waals surface area contributed by atoms with Crippen LogP contribution < -0.4 is 5.73 Å². The Morgan fingerprint density at radius 3 is 2.47 bits per heavy atom. The number of aryl methyl sites for hydroxylation is 2. The summed E-state index contributed by atoms with van der Waals surface area (Å²) in [7, 11) is 0. The van der Waals surface area contributed by atoms with Gasteiger partial charge in [-0.2, -0.15) is 0 Å². The molecule has 4 heteroatoms. The number of hydrogen-bond acceptors (Lipinski definition) is 3. The molecule has 0 saturated carbocycles. The molecule has 94 valence electrons. The van der Waals surface area contributed by atoms with Crippen LogP contribution in [0.25, 0.3) is 0 Å². The van der Waals surface area contributed by atoms with Crippen molar-refractivity contribution in [1.29, 1.82) is 0 Å². The molecule has 1 fully saturated rings. The van der Waals surface area contributed by atoms with E-state index in [0.29, 0.717) is 19.8 Å². The zero-order chi connectivity index (χ0) is 12.4. The fourth-order valence-corrected chi connectivity index (χ4v) is 2.35. The molecule has 0 radical (unpaired) electrons. The molecule has 0 aromatic heterocycles. The van der Waals surface area contributed by atoms with Crippen molar-refractivity contribution < 1.29 is 13.9 Å². The number of halogens is 1. The Labute approximate surface area is 101 Å². The minimum Gasteiger partial charge on any atom is -0.376 e. The molecule has 1 aliphatic heterocycles. The van der Waals surface area contributed by atoms with Gasteiger partial charge in [-0.25, -0.2) is 4.39 Å². The quantitative estimate of drug-likeness (QED) is 0.856. The zero-order valence-electron chi connectivity index (χ0n) is 10.2. The van der Waals surface area contributed by atoms with Crippen molar-refractivity contribution >= 4 is 0 Å². The van der Waals surface area contributed by atoms with Crippen molar-refractivity contribution in [2.24, 2.45) is 5.73 Å². The van der Waals surface area contributed by atoms with Crippen molar-refractivity contribution in [3.05, 3.63) is 34.6 Å². The van der Waals surface area contributed by atoms with Gasteiger partial charge < -0.3 is 15.2 Å². The van der Waals surface area contributed by atoms with Gasteiger partial charge in [0.15, 0.2) is 0 Å². The molecule has 0 spiro atoms. The number of rotatable bonds is 2. The lowest BCUT2D eigenvalue weighted by atomic mass is 9.93. The maximum Gasteiger partial charge on any atom is 0.123 e. The smallest absolute Gasteiger partial charge is 0.123 e. The Kier molecular flexibility index (Phi) is 3.76. The second-order valence-electron chi connectivity index (χ2n) is 4.46. The predicted octanol–water partition coefficient (Wildman–Crippen LogP) is 1.86. The highest BCUT2D eigenvalue weighted by atomic mass is 19.1. The summed E-state index contributed by atoms with van der Waals surface area (Å²) in [6.45, 7) is 5.42. The summed E-state index contributed by atoms with van der Waals surface area (Å²) in [5.74, 6) is -0.225. The Hall–Kier alpha value is -0.970. The first-order valence-corrected chi connectivity index (χ1v) is 5.81. The van der Waals surface area contributed by atoms with Crippen LogP contribution in [-0.4, -0.2) is 25.9 Å². The molecule has 2 unspecified atom stereocenters. The van der Waals surface area contributed by atoms with Gasteiger partial charge in [0.05, 0.1) is 25.9 Å². The maximum atomic E-state index is 13.2. The van der Waals surface area contributed by atoms with Gasteiger partial charge in [0.1, 0.15) is 11.9 Å². The number of benzene rings is 1. The van der Waals surface area contributed by atoms with Crippen LogP contribution in [0.5, 0.6) is 0 Å². The van der Waals surface area contributed by atoms with Crippen LogP contribution in [-0.2, 0) is 9.47 Å². The van der Waals surface area contributed by atoms with Gasteiger partial charge in [-0.1, -0.05) is 0 Å². The van der Waals surface area contributed by atoms with Gasteiger partial charge in [-0.3, -0.25) is 0 Å². The van der Waals surface area contributed by atoms with E-state index in [1.54, 1.807) is 0 Å². The van der Waals surface area contributed by atoms with Crippen LogP contribution in [0.3, 0.4) is 0 Å². The summed E-state index contributed by atoms with van der Waals surface area (Å²) >= 11 is 0. The number of hydrogen-bond donors (Lipinski definition) is 1. The summed E-state index contributed by atoms with van der Waals surface area (Å²) in [6.07, 6.45) is -0.147. The van der Waals surface area contributed by atoms with Gasteiger partial charge in [-0.05, 0) is 42.7 Å². The summed E-state index contributed by atoms with van der Waals surface area (Å²) in [6, 6.07) is 2.74. The SMILES string of the molecule is Cc1cc(F)cc(C)c1C(N)C1COCCO1. The highest BCUT2D eigenvalue weighted by molar-refractivity contribution is 5.37. The van der Waals surface area contributed by atoms with Crippen LogP contribution >= 0.6 is 0 Å². The topological polar surface area (TPSA) is 44.5 Å². The average Bonchev–Trinajstić information content (AvgIpc) is 2.28. The lowest BCUT2D eigenvalue weighted by Crippen LogP contribution is -2.38. The molecule has 3 nitrogen and oxygen atoms in total. The second-order valence-corrected chi connectivity index (χ2v) is 4.46. The van der Waals surface area contributed by atoms with E-state index in [0.717, 1.165) is 16.7 Å². The lowest BCUT2D eigenvalue weighted by Gasteiger charge is -2.30. The van der Waals surface area contributed by atoms with E-state index >= 15 is 0 Å². The highest BCUT2D eigenvalue weighted by Gasteiger charge is 2.25. The first-order chi connectivity index (χ1) is 8.09. The first-order valence-electron chi connectivity index (χ1n) is 5.81. The van der Waals surface area contributed by atoms with Crippen molar-refractivity contribution in [3.63, 3.8) is 0 Å². The summed E-state index contributed by atoms with van der Waals surface area (Å²) < 4.78 is 24.2. The Bertz CT molecular complexity index is 379. The van der Waals surface area contributed by atoms with Crippen molar-refractivity contribution in [2.75, 3.05) is 19.8 Å². The van der Waals surface area contributed by atoms with Gasteiger partial charge in [0.25, 0.3) is 0 Å². The van der Waals surface area contributed by atoms with Crippen molar-refractivity contribution in [2.45, 2.75) is 26.0 Å². The fourth-order valence-electron chi connectivity index (χ4n) is 2.35. The molecule has 0 amide bonds. The monoisotopic (exact) mass is 239 g/mol. The van der Waals surface area contributed by atoms with Crippen LogP contribution in [0, 0.1) is 19.7 Å². The van der Waals surface area contributed by atoms with Crippen molar-refractivity contribution in [1.82, 2.24) is 0 Å². The summed E-state index contributed by atoms with van der Waals surface area (Å²) in [5, 5.41) is 0. The zero-order valence-corrected chi connectivity index (χ0v) is 10.2. The molecule has 1 aromatic carbocycles. The minimum atomic E-state index is -0.268. The Morgan fingerprint density at radius 1 is 1.29 bits per heavy atom. The lowest BCUT2D eigenvalue weighted by molar-refractivity contribution is -0.0976. The third-order valence-electron chi connectivity index (χ3n) is 3.13. The van der Waals surface area contributed by atoms with Crippen LogP contribution in [0.1, 0.15) is 22.7 Å². The molecule has 2 rings (SSSR count). The molecular weight excluding hydrogens is 221 g/mol. The predicted molar refractivity (Wildman–Crippen MR) is 63.4 cm³/mol. The normalized spacial score (nSPS) is 22.5. The molecule has 1 saturated heterocycles. The highest BCUT2D eigenvalue weighted by Crippen LogP contribution is 2.26. The first kappa shape index (κ1) is 12.5. The van der Waals surface area contributed by atoms with E-state index in [1.165, 1.54) is 12.1 Å². The van der Waals surface area contributed by atoms with E-state index in [9.17, 15) is 4.39 Å². The van der Waals surface area contributed by atoms with E-state index < -0.39 is 0 Å². The van der Waals surface area contributed by atoms with Crippen LogP contribution in [0.2, 0.25) is 0 Å². The minimum absolute atomic E-state index is 0.147. The third kappa shape index (κ3) is 2.65. The molecule has 2 atom stereocenters. The largest absolute Gasteiger partial charge is 0.376 e. The van der Waals surface area contributed by atoms with Crippen LogP contribution in [0.4, 0.5) is 4.39 Å². The van der Waals surface area contributed by atoms with Gasteiger partial charge in [0, 0.05) is 0 Å². The molecule has 1 heterocycles. The summed E-state index contributed by atoms with van der Waals surface area (Å²) in [4.78, 5) is 0. The van der Waals surface area contributed by atoms with Crippen LogP contribution in [0.15, 0.2) is 12.1 Å². The maximum absolute atomic E-state index is 13.2. The standard InChI is InChI=1S/C13H18FNO2/c1-8-5-10(14)6-9(2)12(8)13(15)11-7-16-3-4-17-11/h5-6,11,13H,3-4,7,15H2,1-2H3. The molecule has 1 aromatic rings. The second kappa shape index (κ2) is 5.12. The molecule has 0 aliphatic carbocycles. The summed E-state index contributed by atoms with van der Waals surface area (Å²) in [5.41, 5.74) is 8.88. The Balaban J connectivity index is 2.26. The van der Waals surface area contributed by atoms with E-state index in [4.69, 9.17) is 15.2 Å². The van der Waals surface area contributed by atoms with Crippen molar-refractivity contribution in [3.8, 4) is 0 Å². The van der Waals surface area contributed by atoms with Gasteiger partial charge >= 0.3 is 0 Å². The van der Waals surface area contributed by atoms with E-state index in [-0.39, 0.29) is 18.0 Å².